The van der Waals surface area contributed by atoms with E-state index in [2.05, 4.69) is 10.3 Å². The molecule has 28 heavy (non-hydrogen) atoms. The van der Waals surface area contributed by atoms with Gasteiger partial charge in [0.2, 0.25) is 5.91 Å². The van der Waals surface area contributed by atoms with Gasteiger partial charge in [0.25, 0.3) is 0 Å². The van der Waals surface area contributed by atoms with Crippen LogP contribution in [0.3, 0.4) is 0 Å². The number of rotatable bonds is 5. The van der Waals surface area contributed by atoms with Crippen LogP contribution in [0, 0.1) is 0 Å². The first-order chi connectivity index (χ1) is 13.5. The van der Waals surface area contributed by atoms with Crippen LogP contribution in [0.5, 0.6) is 0 Å². The van der Waals surface area contributed by atoms with Gasteiger partial charge in [0.05, 0.1) is 5.52 Å². The molecule has 4 aromatic rings. The maximum absolute atomic E-state index is 12.7. The molecule has 6 nitrogen and oxygen atoms in total. The summed E-state index contributed by atoms with van der Waals surface area (Å²) in [6, 6.07) is 13.9. The summed E-state index contributed by atoms with van der Waals surface area (Å²) >= 11 is 7.57. The molecule has 0 aliphatic carbocycles. The number of fused-ring (bicyclic) bond motifs is 1. The predicted octanol–water partition coefficient (Wildman–Crippen LogP) is 4.49. The summed E-state index contributed by atoms with van der Waals surface area (Å²) in [4.78, 5) is 30.1. The van der Waals surface area contributed by atoms with Gasteiger partial charge in [-0.25, -0.2) is 9.78 Å². The molecule has 2 aromatic heterocycles. The van der Waals surface area contributed by atoms with E-state index >= 15 is 0 Å². The number of anilines is 1. The third-order valence-electron chi connectivity index (χ3n) is 4.39. The number of para-hydroxylation sites is 2. The van der Waals surface area contributed by atoms with Gasteiger partial charge in [-0.15, -0.1) is 11.3 Å². The number of halogens is 1. The molecule has 1 amide bonds. The lowest BCUT2D eigenvalue weighted by atomic mass is 10.1. The van der Waals surface area contributed by atoms with E-state index in [-0.39, 0.29) is 5.91 Å². The average Bonchev–Trinajstić information content (AvgIpc) is 3.26. The highest BCUT2D eigenvalue weighted by Gasteiger charge is 2.22. The number of oxazole rings is 1. The molecular formula is C20H16ClN3O3S. The monoisotopic (exact) mass is 413 g/mol. The first kappa shape index (κ1) is 18.5. The van der Waals surface area contributed by atoms with Crippen molar-refractivity contribution in [2.24, 2.45) is 0 Å². The van der Waals surface area contributed by atoms with Crippen LogP contribution in [0.1, 0.15) is 23.4 Å². The molecular weight excluding hydrogens is 398 g/mol. The molecule has 1 atom stereocenters. The lowest BCUT2D eigenvalue weighted by Crippen LogP contribution is -2.29. The maximum Gasteiger partial charge on any atom is 0.420 e. The molecule has 2 heterocycles. The van der Waals surface area contributed by atoms with Crippen molar-refractivity contribution in [2.75, 3.05) is 5.32 Å². The number of carbonyl (C=O) groups excluding carboxylic acids is 1. The fraction of sp³-hybridized carbons (Fsp3) is 0.150. The minimum Gasteiger partial charge on any atom is -0.408 e. The van der Waals surface area contributed by atoms with Gasteiger partial charge >= 0.3 is 5.76 Å². The second-order valence-corrected chi connectivity index (χ2v) is 7.79. The largest absolute Gasteiger partial charge is 0.420 e. The SMILES string of the molecule is CC(C(=O)Nc1ncc(Cc2ccccc2Cl)s1)n1c(=O)oc2ccccc21. The molecule has 1 unspecified atom stereocenters. The predicted molar refractivity (Wildman–Crippen MR) is 110 cm³/mol. The molecule has 0 radical (unpaired) electrons. The van der Waals surface area contributed by atoms with Crippen LogP contribution in [-0.4, -0.2) is 15.5 Å². The molecule has 142 valence electrons. The van der Waals surface area contributed by atoms with Crippen molar-refractivity contribution in [2.45, 2.75) is 19.4 Å². The Morgan fingerprint density at radius 3 is 2.82 bits per heavy atom. The van der Waals surface area contributed by atoms with Crippen molar-refractivity contribution in [3.63, 3.8) is 0 Å². The Bertz CT molecular complexity index is 1210. The van der Waals surface area contributed by atoms with Gasteiger partial charge in [-0.3, -0.25) is 9.36 Å². The van der Waals surface area contributed by atoms with Gasteiger partial charge in [-0.1, -0.05) is 41.9 Å². The zero-order valence-electron chi connectivity index (χ0n) is 14.9. The molecule has 0 saturated carbocycles. The number of hydrogen-bond donors (Lipinski definition) is 1. The van der Waals surface area contributed by atoms with Crippen molar-refractivity contribution >= 4 is 45.1 Å². The summed E-state index contributed by atoms with van der Waals surface area (Å²) in [5, 5.41) is 3.94. The standard InChI is InChI=1S/C20H16ClN3O3S/c1-12(24-16-8-4-5-9-17(16)27-20(24)26)18(25)23-19-22-11-14(28-19)10-13-6-2-3-7-15(13)21/h2-9,11-12H,10H2,1H3,(H,22,23,25). The summed E-state index contributed by atoms with van der Waals surface area (Å²) in [5.41, 5.74) is 2.02. The smallest absolute Gasteiger partial charge is 0.408 e. The van der Waals surface area contributed by atoms with Crippen LogP contribution in [0.15, 0.2) is 63.9 Å². The molecule has 0 fully saturated rings. The van der Waals surface area contributed by atoms with Gasteiger partial charge in [-0.05, 0) is 30.7 Å². The van der Waals surface area contributed by atoms with Crippen molar-refractivity contribution in [1.82, 2.24) is 9.55 Å². The average molecular weight is 414 g/mol. The van der Waals surface area contributed by atoms with Gasteiger partial charge < -0.3 is 9.73 Å². The molecule has 2 aromatic carbocycles. The molecule has 4 rings (SSSR count). The number of hydrogen-bond acceptors (Lipinski definition) is 5. The molecule has 0 bridgehead atoms. The first-order valence-electron chi connectivity index (χ1n) is 8.62. The Hall–Kier alpha value is -2.90. The van der Waals surface area contributed by atoms with E-state index in [1.165, 1.54) is 15.9 Å². The van der Waals surface area contributed by atoms with Crippen LogP contribution in [0.4, 0.5) is 5.13 Å². The number of nitrogens with zero attached hydrogens (tertiary/aromatic N) is 2. The quantitative estimate of drug-likeness (QED) is 0.522. The molecule has 0 saturated heterocycles. The normalized spacial score (nSPS) is 12.2. The molecule has 0 spiro atoms. The number of carbonyl (C=O) groups is 1. The van der Waals surface area contributed by atoms with E-state index in [0.717, 1.165) is 10.4 Å². The number of aromatic nitrogens is 2. The van der Waals surface area contributed by atoms with Crippen LogP contribution in [0.2, 0.25) is 5.02 Å². The summed E-state index contributed by atoms with van der Waals surface area (Å²) in [7, 11) is 0. The highest BCUT2D eigenvalue weighted by atomic mass is 35.5. The van der Waals surface area contributed by atoms with Gasteiger partial charge in [0.15, 0.2) is 10.7 Å². The zero-order chi connectivity index (χ0) is 19.7. The van der Waals surface area contributed by atoms with E-state index in [9.17, 15) is 9.59 Å². The van der Waals surface area contributed by atoms with Crippen molar-refractivity contribution in [1.29, 1.82) is 0 Å². The lowest BCUT2D eigenvalue weighted by molar-refractivity contribution is -0.118. The fourth-order valence-corrected chi connectivity index (χ4v) is 4.00. The van der Waals surface area contributed by atoms with Crippen molar-refractivity contribution in [3.05, 3.63) is 80.7 Å². The lowest BCUT2D eigenvalue weighted by Gasteiger charge is -2.11. The number of thiazole rings is 1. The molecule has 0 aliphatic heterocycles. The maximum atomic E-state index is 12.7. The van der Waals surface area contributed by atoms with Gasteiger partial charge in [0, 0.05) is 22.5 Å². The Balaban J connectivity index is 1.51. The summed E-state index contributed by atoms with van der Waals surface area (Å²) in [5.74, 6) is -0.908. The minimum atomic E-state index is -0.743. The van der Waals surface area contributed by atoms with Gasteiger partial charge in [-0.2, -0.15) is 0 Å². The molecule has 1 N–H and O–H groups in total. The number of amides is 1. The first-order valence-corrected chi connectivity index (χ1v) is 9.81. The highest BCUT2D eigenvalue weighted by Crippen LogP contribution is 2.25. The Morgan fingerprint density at radius 2 is 2.00 bits per heavy atom. The highest BCUT2D eigenvalue weighted by molar-refractivity contribution is 7.15. The van der Waals surface area contributed by atoms with E-state index in [1.54, 1.807) is 37.4 Å². The summed E-state index contributed by atoms with van der Waals surface area (Å²) in [6.45, 7) is 1.65. The van der Waals surface area contributed by atoms with Crippen molar-refractivity contribution in [3.8, 4) is 0 Å². The van der Waals surface area contributed by atoms with Crippen molar-refractivity contribution < 1.29 is 9.21 Å². The number of benzene rings is 2. The van der Waals surface area contributed by atoms with E-state index < -0.39 is 11.8 Å². The van der Waals surface area contributed by atoms with Gasteiger partial charge in [0.1, 0.15) is 6.04 Å². The Labute approximate surface area is 169 Å². The van der Waals surface area contributed by atoms with Crippen LogP contribution < -0.4 is 11.1 Å². The van der Waals surface area contributed by atoms with Crippen LogP contribution in [-0.2, 0) is 11.2 Å². The van der Waals surface area contributed by atoms with E-state index in [4.69, 9.17) is 16.0 Å². The molecule has 8 heteroatoms. The van der Waals surface area contributed by atoms with Crippen LogP contribution in [0.25, 0.3) is 11.1 Å². The third-order valence-corrected chi connectivity index (χ3v) is 5.67. The zero-order valence-corrected chi connectivity index (χ0v) is 16.5. The number of nitrogens with one attached hydrogen (secondary N) is 1. The molecule has 0 aliphatic rings. The summed E-state index contributed by atoms with van der Waals surface area (Å²) < 4.78 is 6.54. The second-order valence-electron chi connectivity index (χ2n) is 6.27. The Kier molecular flexibility index (Phi) is 5.02. The summed E-state index contributed by atoms with van der Waals surface area (Å²) in [6.07, 6.45) is 2.35. The van der Waals surface area contributed by atoms with E-state index in [0.29, 0.717) is 27.7 Å². The second kappa shape index (κ2) is 7.61. The van der Waals surface area contributed by atoms with E-state index in [1.807, 2.05) is 24.3 Å². The van der Waals surface area contributed by atoms with Crippen LogP contribution >= 0.6 is 22.9 Å². The topological polar surface area (TPSA) is 77.1 Å². The minimum absolute atomic E-state index is 0.340. The third kappa shape index (κ3) is 3.58. The Morgan fingerprint density at radius 1 is 1.25 bits per heavy atom. The fourth-order valence-electron chi connectivity index (χ4n) is 2.95.